The van der Waals surface area contributed by atoms with Gasteiger partial charge in [0.2, 0.25) is 5.91 Å². The van der Waals surface area contributed by atoms with Crippen LogP contribution >= 0.6 is 0 Å². The molecule has 1 aromatic rings. The molecule has 4 nitrogen and oxygen atoms in total. The van der Waals surface area contributed by atoms with Crippen LogP contribution in [0.4, 0.5) is 14.5 Å². The number of hydrogen-bond acceptors (Lipinski definition) is 3. The minimum Gasteiger partial charge on any atom is -0.376 e. The number of nitrogens with one attached hydrogen (secondary N) is 2. The molecule has 0 saturated heterocycles. The number of halogens is 2. The summed E-state index contributed by atoms with van der Waals surface area (Å²) in [6.07, 6.45) is 1.85. The molecular formula is C14H15F2N3O. The van der Waals surface area contributed by atoms with Crippen LogP contribution in [-0.4, -0.2) is 18.0 Å². The van der Waals surface area contributed by atoms with E-state index in [9.17, 15) is 13.6 Å². The molecule has 1 amide bonds. The molecule has 0 bridgehead atoms. The summed E-state index contributed by atoms with van der Waals surface area (Å²) in [5, 5.41) is 14.4. The van der Waals surface area contributed by atoms with Crippen LogP contribution in [-0.2, 0) is 4.79 Å². The molecule has 1 saturated carbocycles. The third-order valence-corrected chi connectivity index (χ3v) is 3.34. The van der Waals surface area contributed by atoms with Crippen molar-refractivity contribution in [2.45, 2.75) is 25.3 Å². The SMILES string of the molecule is C[C@](C#N)(NC(=O)CNc1cc(F)cc(F)c1)C1CC1. The molecule has 1 aromatic carbocycles. The first-order valence-electron chi connectivity index (χ1n) is 6.35. The van der Waals surface area contributed by atoms with Gasteiger partial charge in [0.05, 0.1) is 12.6 Å². The molecule has 0 spiro atoms. The lowest BCUT2D eigenvalue weighted by Gasteiger charge is -2.23. The molecule has 0 aliphatic heterocycles. The van der Waals surface area contributed by atoms with Crippen LogP contribution in [0.15, 0.2) is 18.2 Å². The van der Waals surface area contributed by atoms with Crippen molar-refractivity contribution in [1.82, 2.24) is 5.32 Å². The average Bonchev–Trinajstić information content (AvgIpc) is 3.19. The van der Waals surface area contributed by atoms with E-state index in [4.69, 9.17) is 5.26 Å². The third kappa shape index (κ3) is 3.44. The number of nitriles is 1. The number of nitrogens with zero attached hydrogens (tertiary/aromatic N) is 1. The Labute approximate surface area is 115 Å². The van der Waals surface area contributed by atoms with Gasteiger partial charge in [-0.1, -0.05) is 0 Å². The summed E-state index contributed by atoms with van der Waals surface area (Å²) in [7, 11) is 0. The lowest BCUT2D eigenvalue weighted by atomic mass is 9.98. The third-order valence-electron chi connectivity index (χ3n) is 3.34. The van der Waals surface area contributed by atoms with Gasteiger partial charge >= 0.3 is 0 Å². The first-order valence-corrected chi connectivity index (χ1v) is 6.35. The highest BCUT2D eigenvalue weighted by atomic mass is 19.1. The summed E-state index contributed by atoms with van der Waals surface area (Å²) in [6, 6.07) is 5.06. The van der Waals surface area contributed by atoms with Gasteiger partial charge in [-0.15, -0.1) is 0 Å². The van der Waals surface area contributed by atoms with Crippen LogP contribution in [0.1, 0.15) is 19.8 Å². The van der Waals surface area contributed by atoms with Gasteiger partial charge in [0.15, 0.2) is 0 Å². The maximum absolute atomic E-state index is 13.0. The Hall–Kier alpha value is -2.16. The molecule has 0 aromatic heterocycles. The standard InChI is InChI=1S/C14H15F2N3O/c1-14(8-17,9-2-3-9)19-13(20)7-18-12-5-10(15)4-11(16)6-12/h4-6,9,18H,2-3,7H2,1H3,(H,19,20)/t14-/m1/s1. The highest BCUT2D eigenvalue weighted by Crippen LogP contribution is 2.39. The van der Waals surface area contributed by atoms with Crippen LogP contribution in [0.2, 0.25) is 0 Å². The van der Waals surface area contributed by atoms with Crippen molar-refractivity contribution < 1.29 is 13.6 Å². The van der Waals surface area contributed by atoms with E-state index >= 15 is 0 Å². The van der Waals surface area contributed by atoms with Crippen molar-refractivity contribution in [1.29, 1.82) is 5.26 Å². The number of benzene rings is 1. The van der Waals surface area contributed by atoms with E-state index in [-0.39, 0.29) is 24.1 Å². The zero-order valence-corrected chi connectivity index (χ0v) is 11.0. The van der Waals surface area contributed by atoms with Crippen LogP contribution in [0.25, 0.3) is 0 Å². The number of carbonyl (C=O) groups excluding carboxylic acids is 1. The normalized spacial score (nSPS) is 16.9. The van der Waals surface area contributed by atoms with Crippen molar-refractivity contribution >= 4 is 11.6 Å². The topological polar surface area (TPSA) is 64.9 Å². The van der Waals surface area contributed by atoms with Crippen LogP contribution in [0, 0.1) is 28.9 Å². The van der Waals surface area contributed by atoms with Gasteiger partial charge in [-0.2, -0.15) is 5.26 Å². The maximum atomic E-state index is 13.0. The van der Waals surface area contributed by atoms with Gasteiger partial charge in [-0.25, -0.2) is 8.78 Å². The lowest BCUT2D eigenvalue weighted by molar-refractivity contribution is -0.120. The molecule has 0 radical (unpaired) electrons. The van der Waals surface area contributed by atoms with Gasteiger partial charge < -0.3 is 10.6 Å². The highest BCUT2D eigenvalue weighted by Gasteiger charge is 2.42. The number of anilines is 1. The summed E-state index contributed by atoms with van der Waals surface area (Å²) >= 11 is 0. The molecule has 1 aliphatic carbocycles. The van der Waals surface area contributed by atoms with Gasteiger partial charge in [0.1, 0.15) is 17.2 Å². The second kappa shape index (κ2) is 5.45. The summed E-state index contributed by atoms with van der Waals surface area (Å²) < 4.78 is 25.9. The van der Waals surface area contributed by atoms with E-state index in [0.717, 1.165) is 31.0 Å². The van der Waals surface area contributed by atoms with E-state index in [1.807, 2.05) is 0 Å². The van der Waals surface area contributed by atoms with Crippen molar-refractivity contribution in [3.05, 3.63) is 29.8 Å². The minimum absolute atomic E-state index is 0.146. The van der Waals surface area contributed by atoms with E-state index in [0.29, 0.717) is 0 Å². The molecular weight excluding hydrogens is 264 g/mol. The molecule has 1 atom stereocenters. The lowest BCUT2D eigenvalue weighted by Crippen LogP contribution is -2.48. The quantitative estimate of drug-likeness (QED) is 0.868. The van der Waals surface area contributed by atoms with Crippen molar-refractivity contribution in [2.24, 2.45) is 5.92 Å². The van der Waals surface area contributed by atoms with Crippen LogP contribution in [0.3, 0.4) is 0 Å². The Morgan fingerprint density at radius 2 is 2.00 bits per heavy atom. The molecule has 0 heterocycles. The molecule has 2 rings (SSSR count). The molecule has 1 fully saturated rings. The predicted molar refractivity (Wildman–Crippen MR) is 69.7 cm³/mol. The van der Waals surface area contributed by atoms with E-state index in [2.05, 4.69) is 16.7 Å². The zero-order chi connectivity index (χ0) is 14.8. The maximum Gasteiger partial charge on any atom is 0.240 e. The summed E-state index contributed by atoms with van der Waals surface area (Å²) in [5.74, 6) is -1.63. The molecule has 2 N–H and O–H groups in total. The largest absolute Gasteiger partial charge is 0.376 e. The second-order valence-corrected chi connectivity index (χ2v) is 5.15. The molecule has 1 aliphatic rings. The van der Waals surface area contributed by atoms with E-state index in [1.54, 1.807) is 6.92 Å². The Morgan fingerprint density at radius 3 is 2.50 bits per heavy atom. The Balaban J connectivity index is 1.90. The zero-order valence-electron chi connectivity index (χ0n) is 11.0. The molecule has 6 heteroatoms. The summed E-state index contributed by atoms with van der Waals surface area (Å²) in [6.45, 7) is 1.54. The molecule has 0 unspecified atom stereocenters. The van der Waals surface area contributed by atoms with E-state index < -0.39 is 17.2 Å². The minimum atomic E-state index is -0.869. The number of hydrogen-bond donors (Lipinski definition) is 2. The van der Waals surface area contributed by atoms with Gasteiger partial charge in [0.25, 0.3) is 0 Å². The fourth-order valence-corrected chi connectivity index (χ4v) is 2.05. The van der Waals surface area contributed by atoms with Crippen molar-refractivity contribution in [3.8, 4) is 6.07 Å². The Morgan fingerprint density at radius 1 is 1.40 bits per heavy atom. The summed E-state index contributed by atoms with van der Waals surface area (Å²) in [5.41, 5.74) is -0.686. The number of amides is 1. The highest BCUT2D eigenvalue weighted by molar-refractivity contribution is 5.81. The Bertz CT molecular complexity index is 546. The van der Waals surface area contributed by atoms with Gasteiger partial charge in [0, 0.05) is 11.8 Å². The van der Waals surface area contributed by atoms with Crippen molar-refractivity contribution in [3.63, 3.8) is 0 Å². The number of carbonyl (C=O) groups is 1. The van der Waals surface area contributed by atoms with Gasteiger partial charge in [-0.3, -0.25) is 4.79 Å². The first-order chi connectivity index (χ1) is 9.43. The fourth-order valence-electron chi connectivity index (χ4n) is 2.05. The molecule has 106 valence electrons. The number of rotatable bonds is 5. The van der Waals surface area contributed by atoms with Crippen LogP contribution in [0.5, 0.6) is 0 Å². The van der Waals surface area contributed by atoms with Crippen LogP contribution < -0.4 is 10.6 Å². The predicted octanol–water partition coefficient (Wildman–Crippen LogP) is 2.19. The van der Waals surface area contributed by atoms with Gasteiger partial charge in [-0.05, 0) is 37.8 Å². The fraction of sp³-hybridized carbons (Fsp3) is 0.429. The average molecular weight is 279 g/mol. The monoisotopic (exact) mass is 279 g/mol. The van der Waals surface area contributed by atoms with Crippen molar-refractivity contribution in [2.75, 3.05) is 11.9 Å². The first kappa shape index (κ1) is 14.3. The molecule has 20 heavy (non-hydrogen) atoms. The second-order valence-electron chi connectivity index (χ2n) is 5.15. The van der Waals surface area contributed by atoms with E-state index in [1.165, 1.54) is 0 Å². The summed E-state index contributed by atoms with van der Waals surface area (Å²) in [4.78, 5) is 11.8. The Kier molecular flexibility index (Phi) is 3.89. The smallest absolute Gasteiger partial charge is 0.240 e.